The van der Waals surface area contributed by atoms with Crippen molar-refractivity contribution in [2.24, 2.45) is 0 Å². The molecule has 168 valence electrons. The summed E-state index contributed by atoms with van der Waals surface area (Å²) in [7, 11) is 0.00694. The van der Waals surface area contributed by atoms with Crippen molar-refractivity contribution in [2.45, 2.75) is 118 Å². The van der Waals surface area contributed by atoms with Gasteiger partial charge in [0.05, 0.1) is 14.9 Å². The molecule has 0 spiro atoms. The average molecular weight is 521 g/mol. The van der Waals surface area contributed by atoms with Gasteiger partial charge in [0.2, 0.25) is 0 Å². The number of hydrogen-bond acceptors (Lipinski definition) is 0. The SMILES string of the molecule is B[Si]([Si](C)(C)C)([Si](C)(C)C)[Si](C)(C)C.B[Si]([Si](C)(C)C)([Si](C)(C)C)[Si](C)(C)C. The third kappa shape index (κ3) is 6.44. The molecule has 0 amide bonds. The Hall–Kier alpha value is 1.86. The van der Waals surface area contributed by atoms with Crippen molar-refractivity contribution in [3.63, 3.8) is 0 Å². The first-order valence-electron chi connectivity index (χ1n) is 11.5. The maximum atomic E-state index is 2.76. The fourth-order valence-electron chi connectivity index (χ4n) is 6.75. The lowest BCUT2D eigenvalue weighted by Gasteiger charge is -2.55. The van der Waals surface area contributed by atoms with Gasteiger partial charge in [0.15, 0.2) is 0 Å². The van der Waals surface area contributed by atoms with Crippen LogP contribution in [0.15, 0.2) is 0 Å². The molecule has 0 aliphatic rings. The third-order valence-corrected chi connectivity index (χ3v) is 162. The van der Waals surface area contributed by atoms with Crippen LogP contribution in [0.1, 0.15) is 0 Å². The molecular formula is C18H58B2Si8. The Bertz CT molecular complexity index is 389. The zero-order chi connectivity index (χ0) is 24.0. The lowest BCUT2D eigenvalue weighted by atomic mass is 10.8. The summed E-state index contributed by atoms with van der Waals surface area (Å²) in [6, 6.07) is 0. The molecule has 0 aromatic heterocycles. The molecular weight excluding hydrogens is 463 g/mol. The van der Waals surface area contributed by atoms with Crippen LogP contribution in [-0.2, 0) is 0 Å². The Morgan fingerprint density at radius 3 is 0.321 bits per heavy atom. The molecule has 28 heavy (non-hydrogen) atoms. The van der Waals surface area contributed by atoms with E-state index in [0.717, 1.165) is 0 Å². The highest BCUT2D eigenvalue weighted by Crippen LogP contribution is 2.35. The van der Waals surface area contributed by atoms with Crippen LogP contribution in [0.5, 0.6) is 0 Å². The smallest absolute Gasteiger partial charge is 0.0723 e. The van der Waals surface area contributed by atoms with Crippen LogP contribution in [0.2, 0.25) is 118 Å². The number of hydrogen-bond donors (Lipinski definition) is 0. The highest BCUT2D eigenvalue weighted by molar-refractivity contribution is 8.01. The number of rotatable bonds is 6. The minimum Gasteiger partial charge on any atom is -0.0723 e. The summed E-state index contributed by atoms with van der Waals surface area (Å²) in [4.78, 5) is 0. The van der Waals surface area contributed by atoms with Gasteiger partial charge in [0.1, 0.15) is 0 Å². The van der Waals surface area contributed by atoms with Gasteiger partial charge in [-0.2, -0.15) is 0 Å². The van der Waals surface area contributed by atoms with E-state index in [1.807, 2.05) is 0 Å². The highest BCUT2D eigenvalue weighted by Gasteiger charge is 2.58. The summed E-state index contributed by atoms with van der Waals surface area (Å²) in [5.41, 5.74) is 0. The predicted octanol–water partition coefficient (Wildman–Crippen LogP) is 5.63. The van der Waals surface area contributed by atoms with Crippen LogP contribution >= 0.6 is 0 Å². The quantitative estimate of drug-likeness (QED) is 0.398. The molecule has 0 atom stereocenters. The summed E-state index contributed by atoms with van der Waals surface area (Å²) in [5.74, 6) is 0. The second-order valence-corrected chi connectivity index (χ2v) is 101. The highest BCUT2D eigenvalue weighted by atomic mass is 29.9. The van der Waals surface area contributed by atoms with Crippen molar-refractivity contribution >= 4 is 73.4 Å². The van der Waals surface area contributed by atoms with E-state index < -0.39 is 58.5 Å². The van der Waals surface area contributed by atoms with Gasteiger partial charge in [-0.1, -0.05) is 118 Å². The molecule has 0 heterocycles. The van der Waals surface area contributed by atoms with E-state index in [1.165, 1.54) is 0 Å². The molecule has 0 bridgehead atoms. The van der Waals surface area contributed by atoms with Gasteiger partial charge >= 0.3 is 0 Å². The first kappa shape index (κ1) is 32.0. The minimum absolute atomic E-state index is 0.919. The first-order chi connectivity index (χ1) is 11.5. The lowest BCUT2D eigenvalue weighted by molar-refractivity contribution is 1.76. The van der Waals surface area contributed by atoms with Gasteiger partial charge in [-0.25, -0.2) is 0 Å². The van der Waals surface area contributed by atoms with E-state index in [-0.39, 0.29) is 0 Å². The summed E-state index contributed by atoms with van der Waals surface area (Å²) in [5, 5.41) is 0. The standard InChI is InChI=1S/2C9H29BSi4/c2*1-11(2,3)14(10,12(4,5)6)13(7,8)9/h2*10H2,1-9H3. The molecule has 0 aliphatic carbocycles. The van der Waals surface area contributed by atoms with Crippen LogP contribution in [0, 0.1) is 0 Å². The maximum absolute atomic E-state index is 2.76. The van der Waals surface area contributed by atoms with Crippen LogP contribution < -0.4 is 0 Å². The molecule has 0 saturated carbocycles. The van der Waals surface area contributed by atoms with E-state index in [1.54, 1.807) is 0 Å². The Morgan fingerprint density at radius 2 is 0.321 bits per heavy atom. The normalized spacial score (nSPS) is 15.8. The maximum Gasteiger partial charge on any atom is 0.0896 e. The molecule has 0 nitrogen and oxygen atoms in total. The Balaban J connectivity index is 0. The van der Waals surface area contributed by atoms with Crippen LogP contribution in [0.25, 0.3) is 0 Å². The van der Waals surface area contributed by atoms with E-state index in [9.17, 15) is 0 Å². The molecule has 0 rings (SSSR count). The Labute approximate surface area is 190 Å². The van der Waals surface area contributed by atoms with Crippen molar-refractivity contribution in [3.05, 3.63) is 0 Å². The van der Waals surface area contributed by atoms with Gasteiger partial charge in [0.25, 0.3) is 0 Å². The fraction of sp³-hybridized carbons (Fsp3) is 1.00. The van der Waals surface area contributed by atoms with Gasteiger partial charge in [-0.15, -0.1) is 0 Å². The molecule has 0 unspecified atom stereocenters. The molecule has 0 aliphatic heterocycles. The third-order valence-electron chi connectivity index (χ3n) is 9.00. The zero-order valence-electron chi connectivity index (χ0n) is 24.0. The Morgan fingerprint density at radius 1 is 0.250 bits per heavy atom. The van der Waals surface area contributed by atoms with Crippen molar-refractivity contribution in [1.82, 2.24) is 0 Å². The summed E-state index contributed by atoms with van der Waals surface area (Å²) >= 11 is 0. The van der Waals surface area contributed by atoms with Crippen molar-refractivity contribution in [3.8, 4) is 0 Å². The molecule has 0 saturated heterocycles. The second-order valence-electron chi connectivity index (χ2n) is 15.8. The van der Waals surface area contributed by atoms with E-state index in [2.05, 4.69) is 133 Å². The van der Waals surface area contributed by atoms with Crippen LogP contribution in [0.3, 0.4) is 0 Å². The van der Waals surface area contributed by atoms with Gasteiger partial charge in [-0.05, 0) is 0 Å². The molecule has 0 aromatic carbocycles. The average Bonchev–Trinajstić information content (AvgIpc) is 2.29. The molecule has 0 fully saturated rings. The fourth-order valence-corrected chi connectivity index (χ4v) is 182. The lowest BCUT2D eigenvalue weighted by Crippen LogP contribution is -2.83. The van der Waals surface area contributed by atoms with Crippen molar-refractivity contribution in [2.75, 3.05) is 0 Å². The van der Waals surface area contributed by atoms with Crippen molar-refractivity contribution in [1.29, 1.82) is 0 Å². The van der Waals surface area contributed by atoms with E-state index in [0.29, 0.717) is 0 Å². The monoisotopic (exact) mass is 520 g/mol. The zero-order valence-corrected chi connectivity index (χ0v) is 32.0. The van der Waals surface area contributed by atoms with Gasteiger partial charge < -0.3 is 0 Å². The Kier molecular flexibility index (Phi) is 10.3. The van der Waals surface area contributed by atoms with Crippen LogP contribution in [-0.4, -0.2) is 73.4 Å². The van der Waals surface area contributed by atoms with E-state index in [4.69, 9.17) is 0 Å². The molecule has 0 aromatic rings. The van der Waals surface area contributed by atoms with Crippen LogP contribution in [0.4, 0.5) is 0 Å². The minimum atomic E-state index is -0.938. The molecule has 10 heteroatoms. The summed E-state index contributed by atoms with van der Waals surface area (Å²) < 4.78 is 0. The van der Waals surface area contributed by atoms with E-state index >= 15 is 0 Å². The second kappa shape index (κ2) is 9.01. The molecule has 0 radical (unpaired) electrons. The first-order valence-corrected chi connectivity index (χ1v) is 43.5. The summed E-state index contributed by atoms with van der Waals surface area (Å²) in [6.45, 7) is 45.5. The van der Waals surface area contributed by atoms with Gasteiger partial charge in [-0.3, -0.25) is 0 Å². The molecule has 0 N–H and O–H groups in total. The largest absolute Gasteiger partial charge is 0.0896 e. The topological polar surface area (TPSA) is 0 Å². The van der Waals surface area contributed by atoms with Gasteiger partial charge in [0, 0.05) is 58.5 Å². The van der Waals surface area contributed by atoms with Crippen molar-refractivity contribution < 1.29 is 0 Å². The summed E-state index contributed by atoms with van der Waals surface area (Å²) in [6.07, 6.45) is 0. The predicted molar refractivity (Wildman–Crippen MR) is 169 cm³/mol.